The van der Waals surface area contributed by atoms with Crippen molar-refractivity contribution in [1.29, 1.82) is 0 Å². The minimum atomic E-state index is -0.0427. The molecule has 0 aliphatic rings. The van der Waals surface area contributed by atoms with E-state index >= 15 is 0 Å². The van der Waals surface area contributed by atoms with Gasteiger partial charge in [0.05, 0.1) is 22.4 Å². The molecule has 120 valence electrons. The summed E-state index contributed by atoms with van der Waals surface area (Å²) in [6, 6.07) is -0.0427. The van der Waals surface area contributed by atoms with E-state index in [0.717, 1.165) is 28.0 Å². The van der Waals surface area contributed by atoms with E-state index in [2.05, 4.69) is 38.4 Å². The molecular formula is C15H22BrN5O. The molecule has 0 bridgehead atoms. The first-order valence-corrected chi connectivity index (χ1v) is 8.22. The molecule has 2 heterocycles. The molecule has 0 aliphatic carbocycles. The summed E-state index contributed by atoms with van der Waals surface area (Å²) in [6.45, 7) is 9.39. The Labute approximate surface area is 139 Å². The molecule has 6 nitrogen and oxygen atoms in total. The van der Waals surface area contributed by atoms with Crippen LogP contribution in [0.4, 0.5) is 0 Å². The van der Waals surface area contributed by atoms with Crippen LogP contribution in [0, 0.1) is 13.8 Å². The quantitative estimate of drug-likeness (QED) is 0.853. The number of hydrogen-bond acceptors (Lipinski definition) is 3. The van der Waals surface area contributed by atoms with Crippen molar-refractivity contribution >= 4 is 21.8 Å². The minimum absolute atomic E-state index is 0.0143. The van der Waals surface area contributed by atoms with Gasteiger partial charge in [-0.15, -0.1) is 0 Å². The highest BCUT2D eigenvalue weighted by Gasteiger charge is 2.15. The number of halogens is 1. The monoisotopic (exact) mass is 367 g/mol. The van der Waals surface area contributed by atoms with E-state index in [1.807, 2.05) is 37.8 Å². The van der Waals surface area contributed by atoms with E-state index in [9.17, 15) is 4.79 Å². The van der Waals surface area contributed by atoms with E-state index < -0.39 is 0 Å². The van der Waals surface area contributed by atoms with Crippen molar-refractivity contribution in [2.75, 3.05) is 0 Å². The Morgan fingerprint density at radius 1 is 1.45 bits per heavy atom. The topological polar surface area (TPSA) is 64.7 Å². The fourth-order valence-corrected chi connectivity index (χ4v) is 2.74. The molecule has 0 saturated heterocycles. The Hall–Kier alpha value is -1.63. The summed E-state index contributed by atoms with van der Waals surface area (Å²) in [5.41, 5.74) is 3.09. The van der Waals surface area contributed by atoms with Crippen molar-refractivity contribution in [1.82, 2.24) is 24.9 Å². The normalized spacial score (nSPS) is 12.4. The highest BCUT2D eigenvalue weighted by molar-refractivity contribution is 9.10. The summed E-state index contributed by atoms with van der Waals surface area (Å²) in [6.07, 6.45) is 4.12. The third kappa shape index (κ3) is 3.76. The van der Waals surface area contributed by atoms with Crippen LogP contribution in [-0.4, -0.2) is 25.5 Å². The third-order valence-electron chi connectivity index (χ3n) is 3.74. The second-order valence-electron chi connectivity index (χ2n) is 5.37. The van der Waals surface area contributed by atoms with Gasteiger partial charge in [-0.3, -0.25) is 14.2 Å². The lowest BCUT2D eigenvalue weighted by atomic mass is 10.1. The molecule has 2 aromatic rings. The summed E-state index contributed by atoms with van der Waals surface area (Å²) < 4.78 is 4.68. The first-order valence-electron chi connectivity index (χ1n) is 7.43. The Morgan fingerprint density at radius 2 is 2.18 bits per heavy atom. The van der Waals surface area contributed by atoms with Gasteiger partial charge in [-0.25, -0.2) is 0 Å². The summed E-state index contributed by atoms with van der Waals surface area (Å²) in [7, 11) is 0. The molecule has 0 saturated carbocycles. The number of nitrogens with zero attached hydrogens (tertiary/aromatic N) is 4. The van der Waals surface area contributed by atoms with Crippen LogP contribution in [0.2, 0.25) is 0 Å². The van der Waals surface area contributed by atoms with Gasteiger partial charge in [0.2, 0.25) is 5.91 Å². The van der Waals surface area contributed by atoms with Gasteiger partial charge in [0.15, 0.2) is 0 Å². The Morgan fingerprint density at radius 3 is 2.73 bits per heavy atom. The molecule has 0 fully saturated rings. The first-order chi connectivity index (χ1) is 10.4. The molecule has 22 heavy (non-hydrogen) atoms. The van der Waals surface area contributed by atoms with Gasteiger partial charge >= 0.3 is 0 Å². The lowest BCUT2D eigenvalue weighted by molar-refractivity contribution is -0.122. The number of rotatable bonds is 6. The second kappa shape index (κ2) is 7.09. The molecule has 1 N–H and O–H groups in total. The van der Waals surface area contributed by atoms with Crippen LogP contribution in [-0.2, 0) is 17.9 Å². The number of carbonyl (C=O) groups excluding carboxylic acids is 1. The molecule has 0 aromatic carbocycles. The number of hydrogen-bond donors (Lipinski definition) is 1. The van der Waals surface area contributed by atoms with Gasteiger partial charge in [-0.1, -0.05) is 0 Å². The van der Waals surface area contributed by atoms with E-state index in [1.54, 1.807) is 4.68 Å². The van der Waals surface area contributed by atoms with Gasteiger partial charge in [-0.2, -0.15) is 10.2 Å². The zero-order valence-corrected chi connectivity index (χ0v) is 15.0. The van der Waals surface area contributed by atoms with E-state index in [-0.39, 0.29) is 11.9 Å². The number of amides is 1. The molecule has 0 radical (unpaired) electrons. The smallest absolute Gasteiger partial charge is 0.222 e. The predicted molar refractivity (Wildman–Crippen MR) is 88.5 cm³/mol. The minimum Gasteiger partial charge on any atom is -0.349 e. The van der Waals surface area contributed by atoms with Crippen LogP contribution in [0.1, 0.15) is 43.3 Å². The SMILES string of the molecule is CCn1ncc([C@H](C)NC(=O)CCn2cc(Br)c(C)n2)c1C. The standard InChI is InChI=1S/C15H22BrN5O/c1-5-21-12(4)13(8-17-21)10(2)18-15(22)6-7-20-9-14(16)11(3)19-20/h8-10H,5-7H2,1-4H3,(H,18,22)/t10-/m0/s1. The van der Waals surface area contributed by atoms with Gasteiger partial charge in [0, 0.05) is 37.0 Å². The molecule has 0 unspecified atom stereocenters. The van der Waals surface area contributed by atoms with Gasteiger partial charge < -0.3 is 5.32 Å². The van der Waals surface area contributed by atoms with Gasteiger partial charge in [0.1, 0.15) is 0 Å². The predicted octanol–water partition coefficient (Wildman–Crippen LogP) is 2.75. The molecule has 2 aromatic heterocycles. The second-order valence-corrected chi connectivity index (χ2v) is 6.22. The fraction of sp³-hybridized carbons (Fsp3) is 0.533. The van der Waals surface area contributed by atoms with Gasteiger partial charge in [-0.05, 0) is 43.6 Å². The summed E-state index contributed by atoms with van der Waals surface area (Å²) in [5, 5.41) is 11.7. The third-order valence-corrected chi connectivity index (χ3v) is 4.52. The average Bonchev–Trinajstić information content (AvgIpc) is 2.99. The lowest BCUT2D eigenvalue weighted by Gasteiger charge is -2.14. The Bertz CT molecular complexity index is 641. The molecule has 0 aliphatic heterocycles. The van der Waals surface area contributed by atoms with Crippen LogP contribution < -0.4 is 5.32 Å². The maximum Gasteiger partial charge on any atom is 0.222 e. The van der Waals surface area contributed by atoms with Crippen LogP contribution in [0.15, 0.2) is 16.9 Å². The van der Waals surface area contributed by atoms with E-state index in [0.29, 0.717) is 13.0 Å². The van der Waals surface area contributed by atoms with Crippen LogP contribution in [0.5, 0.6) is 0 Å². The summed E-state index contributed by atoms with van der Waals surface area (Å²) >= 11 is 3.42. The van der Waals surface area contributed by atoms with Crippen molar-refractivity contribution in [2.45, 2.75) is 53.2 Å². The number of carbonyl (C=O) groups is 1. The van der Waals surface area contributed by atoms with Crippen molar-refractivity contribution in [3.8, 4) is 0 Å². The van der Waals surface area contributed by atoms with E-state index in [1.165, 1.54) is 0 Å². The van der Waals surface area contributed by atoms with Crippen molar-refractivity contribution < 1.29 is 4.79 Å². The zero-order chi connectivity index (χ0) is 16.3. The Kier molecular flexibility index (Phi) is 5.39. The highest BCUT2D eigenvalue weighted by atomic mass is 79.9. The molecule has 1 amide bonds. The van der Waals surface area contributed by atoms with Crippen LogP contribution in [0.25, 0.3) is 0 Å². The van der Waals surface area contributed by atoms with Crippen molar-refractivity contribution in [3.05, 3.63) is 33.8 Å². The van der Waals surface area contributed by atoms with E-state index in [4.69, 9.17) is 0 Å². The average molecular weight is 368 g/mol. The molecule has 1 atom stereocenters. The zero-order valence-electron chi connectivity index (χ0n) is 13.4. The Balaban J connectivity index is 1.89. The summed E-state index contributed by atoms with van der Waals surface area (Å²) in [5.74, 6) is 0.0143. The summed E-state index contributed by atoms with van der Waals surface area (Å²) in [4.78, 5) is 12.1. The van der Waals surface area contributed by atoms with Crippen molar-refractivity contribution in [3.63, 3.8) is 0 Å². The van der Waals surface area contributed by atoms with Crippen LogP contribution >= 0.6 is 15.9 Å². The highest BCUT2D eigenvalue weighted by Crippen LogP contribution is 2.17. The number of aryl methyl sites for hydroxylation is 3. The fourth-order valence-electron chi connectivity index (χ4n) is 2.42. The van der Waals surface area contributed by atoms with Crippen molar-refractivity contribution in [2.24, 2.45) is 0 Å². The lowest BCUT2D eigenvalue weighted by Crippen LogP contribution is -2.27. The molecular weight excluding hydrogens is 346 g/mol. The number of nitrogens with one attached hydrogen (secondary N) is 1. The molecule has 7 heteroatoms. The maximum atomic E-state index is 12.1. The van der Waals surface area contributed by atoms with Gasteiger partial charge in [0.25, 0.3) is 0 Å². The molecule has 2 rings (SSSR count). The largest absolute Gasteiger partial charge is 0.349 e. The molecule has 0 spiro atoms. The maximum absolute atomic E-state index is 12.1. The van der Waals surface area contributed by atoms with Crippen LogP contribution in [0.3, 0.4) is 0 Å². The first kappa shape index (κ1) is 16.7. The number of aromatic nitrogens is 4.